The first-order chi connectivity index (χ1) is 7.75. The number of benzene rings is 1. The van der Waals surface area contributed by atoms with Crippen LogP contribution in [0, 0.1) is 0 Å². The van der Waals surface area contributed by atoms with E-state index in [9.17, 15) is 4.79 Å². The van der Waals surface area contributed by atoms with Crippen molar-refractivity contribution in [1.82, 2.24) is 0 Å². The molecular weight excluding hydrogens is 196 g/mol. The molecule has 0 saturated carbocycles. The second kappa shape index (κ2) is 6.78. The second-order valence-electron chi connectivity index (χ2n) is 3.76. The summed E-state index contributed by atoms with van der Waals surface area (Å²) in [5.74, 6) is 0.0433. The van der Waals surface area contributed by atoms with Gasteiger partial charge in [-0.2, -0.15) is 0 Å². The van der Waals surface area contributed by atoms with Gasteiger partial charge in [0.15, 0.2) is 5.78 Å². The molecule has 0 aliphatic rings. The molecule has 0 fully saturated rings. The SMILES string of the molecule is C=C(C/C=C/CCC)C(=O)c1ccccc1. The Morgan fingerprint density at radius 3 is 2.56 bits per heavy atom. The Morgan fingerprint density at radius 2 is 1.94 bits per heavy atom. The fraction of sp³-hybridized carbons (Fsp3) is 0.267. The van der Waals surface area contributed by atoms with Gasteiger partial charge in [-0.15, -0.1) is 0 Å². The first-order valence-electron chi connectivity index (χ1n) is 5.68. The molecule has 1 aromatic rings. The molecule has 0 unspecified atom stereocenters. The molecule has 0 saturated heterocycles. The fourth-order valence-electron chi connectivity index (χ4n) is 1.40. The average molecular weight is 214 g/mol. The van der Waals surface area contributed by atoms with Gasteiger partial charge < -0.3 is 0 Å². The Labute approximate surface area is 97.5 Å². The number of ketones is 1. The van der Waals surface area contributed by atoms with Gasteiger partial charge in [0, 0.05) is 5.56 Å². The summed E-state index contributed by atoms with van der Waals surface area (Å²) < 4.78 is 0. The Morgan fingerprint density at radius 1 is 1.25 bits per heavy atom. The predicted molar refractivity (Wildman–Crippen MR) is 68.6 cm³/mol. The summed E-state index contributed by atoms with van der Waals surface area (Å²) in [6, 6.07) is 9.29. The van der Waals surface area contributed by atoms with Crippen molar-refractivity contribution in [1.29, 1.82) is 0 Å². The summed E-state index contributed by atoms with van der Waals surface area (Å²) in [7, 11) is 0. The number of hydrogen-bond donors (Lipinski definition) is 0. The zero-order chi connectivity index (χ0) is 11.8. The number of unbranched alkanes of at least 4 members (excludes halogenated alkanes) is 1. The topological polar surface area (TPSA) is 17.1 Å². The lowest BCUT2D eigenvalue weighted by molar-refractivity contribution is 0.103. The summed E-state index contributed by atoms with van der Waals surface area (Å²) in [4.78, 5) is 11.9. The number of hydrogen-bond acceptors (Lipinski definition) is 1. The molecule has 1 heteroatoms. The van der Waals surface area contributed by atoms with Gasteiger partial charge in [-0.25, -0.2) is 0 Å². The number of carbonyl (C=O) groups excluding carboxylic acids is 1. The van der Waals surface area contributed by atoms with Crippen LogP contribution < -0.4 is 0 Å². The molecule has 0 aliphatic carbocycles. The van der Waals surface area contributed by atoms with Crippen molar-refractivity contribution in [2.24, 2.45) is 0 Å². The van der Waals surface area contributed by atoms with Crippen LogP contribution in [0.25, 0.3) is 0 Å². The van der Waals surface area contributed by atoms with Crippen LogP contribution in [0.2, 0.25) is 0 Å². The van der Waals surface area contributed by atoms with Crippen LogP contribution in [0.1, 0.15) is 36.5 Å². The molecule has 0 atom stereocenters. The molecule has 0 bridgehead atoms. The van der Waals surface area contributed by atoms with E-state index in [4.69, 9.17) is 0 Å². The lowest BCUT2D eigenvalue weighted by Crippen LogP contribution is -2.01. The predicted octanol–water partition coefficient (Wildman–Crippen LogP) is 4.17. The zero-order valence-corrected chi connectivity index (χ0v) is 9.78. The Balaban J connectivity index is 2.52. The number of carbonyl (C=O) groups is 1. The van der Waals surface area contributed by atoms with Gasteiger partial charge in [-0.3, -0.25) is 4.79 Å². The second-order valence-corrected chi connectivity index (χ2v) is 3.76. The molecule has 0 aliphatic heterocycles. The lowest BCUT2D eigenvalue weighted by Gasteiger charge is -2.01. The van der Waals surface area contributed by atoms with Crippen LogP contribution in [0.15, 0.2) is 54.6 Å². The third-order valence-corrected chi connectivity index (χ3v) is 2.34. The van der Waals surface area contributed by atoms with Gasteiger partial charge in [-0.1, -0.05) is 62.4 Å². The van der Waals surface area contributed by atoms with E-state index in [1.165, 1.54) is 0 Å². The number of Topliss-reactive ketones (excluding diaryl/α,β-unsaturated/α-hetero) is 1. The first kappa shape index (κ1) is 12.4. The van der Waals surface area contributed by atoms with Gasteiger partial charge in [0.25, 0.3) is 0 Å². The largest absolute Gasteiger partial charge is 0.289 e. The highest BCUT2D eigenvalue weighted by Crippen LogP contribution is 2.10. The van der Waals surface area contributed by atoms with Crippen LogP contribution >= 0.6 is 0 Å². The average Bonchev–Trinajstić information content (AvgIpc) is 2.34. The summed E-state index contributed by atoms with van der Waals surface area (Å²) in [6.07, 6.45) is 6.96. The van der Waals surface area contributed by atoms with E-state index in [2.05, 4.69) is 19.6 Å². The quantitative estimate of drug-likeness (QED) is 0.394. The Kier molecular flexibility index (Phi) is 5.27. The molecule has 0 amide bonds. The van der Waals surface area contributed by atoms with Gasteiger partial charge in [0.05, 0.1) is 0 Å². The zero-order valence-electron chi connectivity index (χ0n) is 9.78. The van der Waals surface area contributed by atoms with Crippen LogP contribution in [0.5, 0.6) is 0 Å². The van der Waals surface area contributed by atoms with E-state index in [1.54, 1.807) is 0 Å². The summed E-state index contributed by atoms with van der Waals surface area (Å²) in [6.45, 7) is 5.96. The monoisotopic (exact) mass is 214 g/mol. The summed E-state index contributed by atoms with van der Waals surface area (Å²) in [5.41, 5.74) is 1.37. The maximum Gasteiger partial charge on any atom is 0.188 e. The Hall–Kier alpha value is -1.63. The molecule has 1 nitrogen and oxygen atoms in total. The van der Waals surface area contributed by atoms with E-state index in [-0.39, 0.29) is 5.78 Å². The molecule has 1 rings (SSSR count). The van der Waals surface area contributed by atoms with Gasteiger partial charge in [0.2, 0.25) is 0 Å². The molecule has 0 aromatic heterocycles. The van der Waals surface area contributed by atoms with Gasteiger partial charge in [-0.05, 0) is 18.4 Å². The smallest absolute Gasteiger partial charge is 0.188 e. The van der Waals surface area contributed by atoms with Crippen LogP contribution in [0.4, 0.5) is 0 Å². The first-order valence-corrected chi connectivity index (χ1v) is 5.68. The highest BCUT2D eigenvalue weighted by atomic mass is 16.1. The lowest BCUT2D eigenvalue weighted by atomic mass is 10.0. The van der Waals surface area contributed by atoms with E-state index in [1.807, 2.05) is 36.4 Å². The van der Waals surface area contributed by atoms with E-state index < -0.39 is 0 Å². The molecule has 0 spiro atoms. The van der Waals surface area contributed by atoms with Crippen molar-refractivity contribution in [2.75, 3.05) is 0 Å². The minimum Gasteiger partial charge on any atom is -0.289 e. The molecular formula is C15H18O. The third kappa shape index (κ3) is 3.85. The minimum absolute atomic E-state index is 0.0433. The Bertz CT molecular complexity index is 374. The van der Waals surface area contributed by atoms with Crippen molar-refractivity contribution in [2.45, 2.75) is 26.2 Å². The minimum atomic E-state index is 0.0433. The van der Waals surface area contributed by atoms with Crippen LogP contribution in [-0.2, 0) is 0 Å². The summed E-state index contributed by atoms with van der Waals surface area (Å²) in [5, 5.41) is 0. The number of rotatable bonds is 6. The maximum atomic E-state index is 11.9. The van der Waals surface area contributed by atoms with Gasteiger partial charge >= 0.3 is 0 Å². The van der Waals surface area contributed by atoms with Gasteiger partial charge in [0.1, 0.15) is 0 Å². The van der Waals surface area contributed by atoms with E-state index in [0.717, 1.165) is 18.4 Å². The van der Waals surface area contributed by atoms with Crippen molar-refractivity contribution in [3.05, 3.63) is 60.2 Å². The molecule has 84 valence electrons. The highest BCUT2D eigenvalue weighted by molar-refractivity contribution is 6.08. The van der Waals surface area contributed by atoms with E-state index in [0.29, 0.717) is 12.0 Å². The molecule has 1 aromatic carbocycles. The molecule has 0 heterocycles. The molecule has 0 N–H and O–H groups in total. The third-order valence-electron chi connectivity index (χ3n) is 2.34. The van der Waals surface area contributed by atoms with Crippen molar-refractivity contribution < 1.29 is 4.79 Å². The van der Waals surface area contributed by atoms with E-state index >= 15 is 0 Å². The maximum absolute atomic E-state index is 11.9. The van der Waals surface area contributed by atoms with Crippen LogP contribution in [0.3, 0.4) is 0 Å². The standard InChI is InChI=1S/C15H18O/c1-3-4-5-7-10-13(2)15(16)14-11-8-6-9-12-14/h5-9,11-12H,2-4,10H2,1H3/b7-5+. The van der Waals surface area contributed by atoms with Crippen molar-refractivity contribution in [3.8, 4) is 0 Å². The van der Waals surface area contributed by atoms with Crippen molar-refractivity contribution >= 4 is 5.78 Å². The fourth-order valence-corrected chi connectivity index (χ4v) is 1.40. The molecule has 0 radical (unpaired) electrons. The summed E-state index contributed by atoms with van der Waals surface area (Å²) >= 11 is 0. The molecule has 16 heavy (non-hydrogen) atoms. The number of allylic oxidation sites excluding steroid dienone is 3. The highest BCUT2D eigenvalue weighted by Gasteiger charge is 2.07. The van der Waals surface area contributed by atoms with Crippen LogP contribution in [-0.4, -0.2) is 5.78 Å². The normalized spacial score (nSPS) is 10.6. The van der Waals surface area contributed by atoms with Crippen molar-refractivity contribution in [3.63, 3.8) is 0 Å².